The summed E-state index contributed by atoms with van der Waals surface area (Å²) >= 11 is 0. The molecule has 0 amide bonds. The van der Waals surface area contributed by atoms with Crippen molar-refractivity contribution in [1.29, 1.82) is 0 Å². The largest absolute Gasteiger partial charge is 0.385 e. The maximum absolute atomic E-state index is 5.08. The summed E-state index contributed by atoms with van der Waals surface area (Å²) in [7, 11) is 3.65. The Kier molecular flexibility index (Phi) is 10.1. The Hall–Kier alpha value is -1.61. The predicted octanol–water partition coefficient (Wildman–Crippen LogP) is 2.31. The number of methoxy groups -OCH3 is 1. The van der Waals surface area contributed by atoms with Crippen LogP contribution < -0.4 is 10.6 Å². The Morgan fingerprint density at radius 1 is 1.21 bits per heavy atom. The fraction of sp³-hybridized carbons (Fsp3) is 0.412. The quantitative estimate of drug-likeness (QED) is 0.285. The standard InChI is InChI=1S/C17H25N5O.HI/c1-22-16(9-11-21-22)14-20-17(18-10-6-12-23-2)19-13-15-7-4-3-5-8-15;/h3-5,7-9,11H,6,10,12-14H2,1-2H3,(H2,18,19,20);1H. The number of nitrogens with zero attached hydrogens (tertiary/aromatic N) is 3. The molecule has 2 aromatic rings. The highest BCUT2D eigenvalue weighted by molar-refractivity contribution is 14.0. The number of halogens is 1. The van der Waals surface area contributed by atoms with Crippen LogP contribution in [0.15, 0.2) is 47.6 Å². The van der Waals surface area contributed by atoms with Crippen LogP contribution in [0.1, 0.15) is 17.7 Å². The molecule has 0 fully saturated rings. The third-order valence-corrected chi connectivity index (χ3v) is 3.44. The summed E-state index contributed by atoms with van der Waals surface area (Å²) in [5, 5.41) is 10.9. The van der Waals surface area contributed by atoms with E-state index in [4.69, 9.17) is 4.74 Å². The molecule has 0 saturated heterocycles. The van der Waals surface area contributed by atoms with Crippen molar-refractivity contribution < 1.29 is 4.74 Å². The third-order valence-electron chi connectivity index (χ3n) is 3.44. The number of aryl methyl sites for hydroxylation is 1. The lowest BCUT2D eigenvalue weighted by Gasteiger charge is -2.13. The van der Waals surface area contributed by atoms with Crippen LogP contribution in [0.25, 0.3) is 0 Å². The molecule has 0 aliphatic rings. The van der Waals surface area contributed by atoms with E-state index in [1.165, 1.54) is 5.56 Å². The second kappa shape index (κ2) is 11.9. The number of hydrogen-bond donors (Lipinski definition) is 2. The minimum atomic E-state index is 0. The van der Waals surface area contributed by atoms with E-state index >= 15 is 0 Å². The molecule has 7 heteroatoms. The molecular weight excluding hydrogens is 417 g/mol. The van der Waals surface area contributed by atoms with Gasteiger partial charge in [-0.15, -0.1) is 24.0 Å². The molecule has 0 spiro atoms. The highest BCUT2D eigenvalue weighted by Crippen LogP contribution is 2.00. The molecule has 2 rings (SSSR count). The van der Waals surface area contributed by atoms with E-state index in [9.17, 15) is 0 Å². The van der Waals surface area contributed by atoms with Gasteiger partial charge < -0.3 is 15.4 Å². The average Bonchev–Trinajstić information content (AvgIpc) is 2.99. The molecule has 132 valence electrons. The van der Waals surface area contributed by atoms with Gasteiger partial charge in [0.05, 0.1) is 18.8 Å². The lowest BCUT2D eigenvalue weighted by molar-refractivity contribution is 0.195. The van der Waals surface area contributed by atoms with Crippen molar-refractivity contribution in [2.75, 3.05) is 20.3 Å². The van der Waals surface area contributed by atoms with Crippen molar-refractivity contribution in [2.45, 2.75) is 19.5 Å². The highest BCUT2D eigenvalue weighted by atomic mass is 127. The Labute approximate surface area is 160 Å². The van der Waals surface area contributed by atoms with Gasteiger partial charge in [-0.2, -0.15) is 5.10 Å². The number of ether oxygens (including phenoxy) is 1. The third kappa shape index (κ3) is 7.31. The van der Waals surface area contributed by atoms with Crippen LogP contribution in [0.2, 0.25) is 0 Å². The second-order valence-corrected chi connectivity index (χ2v) is 5.22. The molecule has 0 unspecified atom stereocenters. The Bertz CT molecular complexity index is 600. The van der Waals surface area contributed by atoms with Crippen molar-refractivity contribution in [3.63, 3.8) is 0 Å². The summed E-state index contributed by atoms with van der Waals surface area (Å²) in [5.41, 5.74) is 2.29. The molecule has 0 atom stereocenters. The summed E-state index contributed by atoms with van der Waals surface area (Å²) in [6.07, 6.45) is 2.73. The molecule has 1 heterocycles. The Morgan fingerprint density at radius 2 is 2.00 bits per heavy atom. The zero-order valence-corrected chi connectivity index (χ0v) is 16.6. The average molecular weight is 443 g/mol. The molecule has 0 bridgehead atoms. The fourth-order valence-electron chi connectivity index (χ4n) is 2.10. The number of aliphatic imine (C=N–C) groups is 1. The van der Waals surface area contributed by atoms with E-state index in [0.717, 1.165) is 31.2 Å². The maximum atomic E-state index is 5.08. The van der Waals surface area contributed by atoms with Crippen LogP contribution in [-0.4, -0.2) is 36.0 Å². The SMILES string of the molecule is COCCCNC(=NCc1ccccc1)NCc1ccnn1C.I. The van der Waals surface area contributed by atoms with E-state index in [2.05, 4.69) is 32.9 Å². The molecule has 0 aliphatic carbocycles. The monoisotopic (exact) mass is 443 g/mol. The molecule has 1 aromatic heterocycles. The summed E-state index contributed by atoms with van der Waals surface area (Å²) in [6, 6.07) is 12.2. The van der Waals surface area contributed by atoms with Gasteiger partial charge in [0.25, 0.3) is 0 Å². The van der Waals surface area contributed by atoms with Crippen LogP contribution in [-0.2, 0) is 24.9 Å². The predicted molar refractivity (Wildman–Crippen MR) is 108 cm³/mol. The summed E-state index contributed by atoms with van der Waals surface area (Å²) in [6.45, 7) is 2.88. The van der Waals surface area contributed by atoms with Crippen molar-refractivity contribution >= 4 is 29.9 Å². The lowest BCUT2D eigenvalue weighted by Crippen LogP contribution is -2.38. The molecule has 2 N–H and O–H groups in total. The summed E-state index contributed by atoms with van der Waals surface area (Å²) in [4.78, 5) is 4.64. The van der Waals surface area contributed by atoms with Crippen LogP contribution in [0, 0.1) is 0 Å². The van der Waals surface area contributed by atoms with Gasteiger partial charge in [-0.05, 0) is 18.1 Å². The first-order valence-corrected chi connectivity index (χ1v) is 7.81. The van der Waals surface area contributed by atoms with Gasteiger partial charge in [0.2, 0.25) is 0 Å². The molecule has 0 aliphatic heterocycles. The van der Waals surface area contributed by atoms with Crippen molar-refractivity contribution in [3.8, 4) is 0 Å². The van der Waals surface area contributed by atoms with Gasteiger partial charge in [0.15, 0.2) is 5.96 Å². The van der Waals surface area contributed by atoms with Gasteiger partial charge in [-0.3, -0.25) is 4.68 Å². The van der Waals surface area contributed by atoms with E-state index in [0.29, 0.717) is 13.1 Å². The lowest BCUT2D eigenvalue weighted by atomic mass is 10.2. The minimum Gasteiger partial charge on any atom is -0.385 e. The molecule has 0 saturated carbocycles. The summed E-state index contributed by atoms with van der Waals surface area (Å²) in [5.74, 6) is 0.797. The van der Waals surface area contributed by atoms with E-state index in [1.54, 1.807) is 13.3 Å². The molecule has 1 aromatic carbocycles. The van der Waals surface area contributed by atoms with Crippen molar-refractivity contribution in [2.24, 2.45) is 12.0 Å². The normalized spacial score (nSPS) is 11.0. The van der Waals surface area contributed by atoms with E-state index < -0.39 is 0 Å². The fourth-order valence-corrected chi connectivity index (χ4v) is 2.10. The first-order chi connectivity index (χ1) is 11.3. The number of rotatable bonds is 8. The molecular formula is C17H26IN5O. The maximum Gasteiger partial charge on any atom is 0.191 e. The number of benzene rings is 1. The Morgan fingerprint density at radius 3 is 2.67 bits per heavy atom. The topological polar surface area (TPSA) is 63.5 Å². The second-order valence-electron chi connectivity index (χ2n) is 5.22. The van der Waals surface area contributed by atoms with Crippen LogP contribution in [0.3, 0.4) is 0 Å². The van der Waals surface area contributed by atoms with Crippen LogP contribution >= 0.6 is 24.0 Å². The first kappa shape index (κ1) is 20.4. The minimum absolute atomic E-state index is 0. The van der Waals surface area contributed by atoms with Gasteiger partial charge >= 0.3 is 0 Å². The molecule has 6 nitrogen and oxygen atoms in total. The zero-order valence-electron chi connectivity index (χ0n) is 14.2. The summed E-state index contributed by atoms with van der Waals surface area (Å²) < 4.78 is 6.93. The van der Waals surface area contributed by atoms with Crippen molar-refractivity contribution in [1.82, 2.24) is 20.4 Å². The van der Waals surface area contributed by atoms with E-state index in [1.807, 2.05) is 36.0 Å². The van der Waals surface area contributed by atoms with Gasteiger partial charge in [0, 0.05) is 33.5 Å². The number of nitrogens with one attached hydrogen (secondary N) is 2. The number of aromatic nitrogens is 2. The number of guanidine groups is 1. The van der Waals surface area contributed by atoms with Crippen LogP contribution in [0.5, 0.6) is 0 Å². The van der Waals surface area contributed by atoms with Crippen LogP contribution in [0.4, 0.5) is 0 Å². The van der Waals surface area contributed by atoms with Crippen molar-refractivity contribution in [3.05, 3.63) is 53.9 Å². The first-order valence-electron chi connectivity index (χ1n) is 7.81. The smallest absolute Gasteiger partial charge is 0.191 e. The zero-order chi connectivity index (χ0) is 16.3. The molecule has 0 radical (unpaired) electrons. The van der Waals surface area contributed by atoms with Gasteiger partial charge in [-0.25, -0.2) is 4.99 Å². The van der Waals surface area contributed by atoms with Gasteiger partial charge in [-0.1, -0.05) is 30.3 Å². The molecule has 24 heavy (non-hydrogen) atoms. The number of hydrogen-bond acceptors (Lipinski definition) is 3. The van der Waals surface area contributed by atoms with Gasteiger partial charge in [0.1, 0.15) is 0 Å². The Balaban J connectivity index is 0.00000288. The highest BCUT2D eigenvalue weighted by Gasteiger charge is 2.02. The van der Waals surface area contributed by atoms with E-state index in [-0.39, 0.29) is 24.0 Å².